The fourth-order valence-corrected chi connectivity index (χ4v) is 4.36. The largest absolute Gasteiger partial charge is 0.356 e. The maximum atomic E-state index is 12.5. The SMILES string of the molecule is CCc1c(C)nc(C)nc1N1CCC2(CC1)CC(=O)N(CC=C(C)C)C2. The summed E-state index contributed by atoms with van der Waals surface area (Å²) < 4.78 is 0. The first-order valence-corrected chi connectivity index (χ1v) is 9.84. The van der Waals surface area contributed by atoms with Crippen LogP contribution in [-0.2, 0) is 11.2 Å². The van der Waals surface area contributed by atoms with Crippen molar-refractivity contribution in [2.24, 2.45) is 5.41 Å². The summed E-state index contributed by atoms with van der Waals surface area (Å²) in [4.78, 5) is 26.2. The number of hydrogen-bond acceptors (Lipinski definition) is 4. The highest BCUT2D eigenvalue weighted by molar-refractivity contribution is 5.79. The van der Waals surface area contributed by atoms with Crippen LogP contribution in [0, 0.1) is 19.3 Å². The van der Waals surface area contributed by atoms with E-state index in [-0.39, 0.29) is 5.41 Å². The van der Waals surface area contributed by atoms with Crippen molar-refractivity contribution in [3.8, 4) is 0 Å². The molecule has 0 saturated carbocycles. The molecule has 0 N–H and O–H groups in total. The van der Waals surface area contributed by atoms with Gasteiger partial charge in [-0.2, -0.15) is 0 Å². The van der Waals surface area contributed by atoms with Crippen LogP contribution in [0.1, 0.15) is 57.1 Å². The average Bonchev–Trinajstić information content (AvgIpc) is 2.88. The van der Waals surface area contributed by atoms with Crippen LogP contribution < -0.4 is 4.90 Å². The normalized spacial score (nSPS) is 19.3. The number of anilines is 1. The minimum absolute atomic E-state index is 0.159. The van der Waals surface area contributed by atoms with Crippen molar-refractivity contribution < 1.29 is 4.79 Å². The van der Waals surface area contributed by atoms with E-state index in [4.69, 9.17) is 4.98 Å². The lowest BCUT2D eigenvalue weighted by atomic mass is 9.77. The van der Waals surface area contributed by atoms with Crippen LogP contribution in [-0.4, -0.2) is 47.0 Å². The molecule has 2 aliphatic rings. The molecule has 2 aliphatic heterocycles. The number of aromatic nitrogens is 2. The van der Waals surface area contributed by atoms with Crippen molar-refractivity contribution in [1.82, 2.24) is 14.9 Å². The van der Waals surface area contributed by atoms with Crippen molar-refractivity contribution in [2.75, 3.05) is 31.1 Å². The smallest absolute Gasteiger partial charge is 0.223 e. The molecule has 0 aliphatic carbocycles. The van der Waals surface area contributed by atoms with Crippen molar-refractivity contribution >= 4 is 11.7 Å². The topological polar surface area (TPSA) is 49.3 Å². The molecule has 0 aromatic carbocycles. The zero-order valence-electron chi connectivity index (χ0n) is 16.9. The van der Waals surface area contributed by atoms with E-state index in [2.05, 4.69) is 43.7 Å². The number of aryl methyl sites for hydroxylation is 2. The van der Waals surface area contributed by atoms with E-state index in [1.54, 1.807) is 0 Å². The zero-order chi connectivity index (χ0) is 18.9. The van der Waals surface area contributed by atoms with E-state index in [0.717, 1.165) is 62.8 Å². The highest BCUT2D eigenvalue weighted by atomic mass is 16.2. The fourth-order valence-electron chi connectivity index (χ4n) is 4.36. The maximum absolute atomic E-state index is 12.5. The maximum Gasteiger partial charge on any atom is 0.223 e. The van der Waals surface area contributed by atoms with Gasteiger partial charge in [0.25, 0.3) is 0 Å². The van der Waals surface area contributed by atoms with Crippen molar-refractivity contribution in [3.63, 3.8) is 0 Å². The van der Waals surface area contributed by atoms with Gasteiger partial charge in [-0.15, -0.1) is 0 Å². The van der Waals surface area contributed by atoms with Gasteiger partial charge >= 0.3 is 0 Å². The summed E-state index contributed by atoms with van der Waals surface area (Å²) in [6, 6.07) is 0. The van der Waals surface area contributed by atoms with Gasteiger partial charge in [-0.1, -0.05) is 18.6 Å². The number of amides is 1. The number of rotatable bonds is 4. The first kappa shape index (κ1) is 18.9. The molecule has 1 aromatic rings. The highest BCUT2D eigenvalue weighted by Gasteiger charge is 2.44. The summed E-state index contributed by atoms with van der Waals surface area (Å²) in [5.41, 5.74) is 3.79. The lowest BCUT2D eigenvalue weighted by Crippen LogP contribution is -2.42. The minimum Gasteiger partial charge on any atom is -0.356 e. The third-order valence-corrected chi connectivity index (χ3v) is 5.91. The molecule has 142 valence electrons. The monoisotopic (exact) mass is 356 g/mol. The van der Waals surface area contributed by atoms with Gasteiger partial charge in [0.1, 0.15) is 11.6 Å². The predicted octanol–water partition coefficient (Wildman–Crippen LogP) is 3.44. The summed E-state index contributed by atoms with van der Waals surface area (Å²) in [7, 11) is 0. The third-order valence-electron chi connectivity index (χ3n) is 5.91. The summed E-state index contributed by atoms with van der Waals surface area (Å²) >= 11 is 0. The number of likely N-dealkylation sites (tertiary alicyclic amines) is 1. The van der Waals surface area contributed by atoms with E-state index >= 15 is 0 Å². The summed E-state index contributed by atoms with van der Waals surface area (Å²) in [5.74, 6) is 2.27. The van der Waals surface area contributed by atoms with Gasteiger partial charge in [0.2, 0.25) is 5.91 Å². The molecule has 0 radical (unpaired) electrons. The van der Waals surface area contributed by atoms with Crippen LogP contribution in [0.15, 0.2) is 11.6 Å². The van der Waals surface area contributed by atoms with Gasteiger partial charge < -0.3 is 9.80 Å². The molecule has 5 nitrogen and oxygen atoms in total. The second-order valence-corrected chi connectivity index (χ2v) is 8.23. The van der Waals surface area contributed by atoms with E-state index in [9.17, 15) is 4.79 Å². The molecule has 1 aromatic heterocycles. The molecular formula is C21H32N4O. The molecule has 0 unspecified atom stereocenters. The van der Waals surface area contributed by atoms with Crippen molar-refractivity contribution in [3.05, 3.63) is 28.7 Å². The average molecular weight is 357 g/mol. The molecule has 5 heteroatoms. The van der Waals surface area contributed by atoms with Gasteiger partial charge in [0, 0.05) is 49.3 Å². The fraction of sp³-hybridized carbons (Fsp3) is 0.667. The first-order valence-electron chi connectivity index (χ1n) is 9.84. The summed E-state index contributed by atoms with van der Waals surface area (Å²) in [5, 5.41) is 0. The van der Waals surface area contributed by atoms with E-state index in [1.165, 1.54) is 11.1 Å². The Morgan fingerprint density at radius 2 is 1.88 bits per heavy atom. The highest BCUT2D eigenvalue weighted by Crippen LogP contribution is 2.42. The van der Waals surface area contributed by atoms with Crippen molar-refractivity contribution in [2.45, 2.75) is 60.3 Å². The molecule has 3 heterocycles. The Hall–Kier alpha value is -1.91. The van der Waals surface area contributed by atoms with Crippen LogP contribution in [0.5, 0.6) is 0 Å². The number of allylic oxidation sites excluding steroid dienone is 1. The number of nitrogens with zero attached hydrogens (tertiary/aromatic N) is 4. The second kappa shape index (κ2) is 7.37. The molecule has 3 rings (SSSR count). The number of carbonyl (C=O) groups excluding carboxylic acids is 1. The quantitative estimate of drug-likeness (QED) is 0.776. The van der Waals surface area contributed by atoms with Gasteiger partial charge in [-0.25, -0.2) is 9.97 Å². The molecule has 0 atom stereocenters. The lowest BCUT2D eigenvalue weighted by molar-refractivity contribution is -0.127. The number of carbonyl (C=O) groups is 1. The lowest BCUT2D eigenvalue weighted by Gasteiger charge is -2.40. The third kappa shape index (κ3) is 3.76. The molecule has 1 spiro atoms. The summed E-state index contributed by atoms with van der Waals surface area (Å²) in [6.45, 7) is 14.0. The van der Waals surface area contributed by atoms with Crippen LogP contribution >= 0.6 is 0 Å². The Bertz CT molecular complexity index is 713. The Morgan fingerprint density at radius 1 is 1.19 bits per heavy atom. The van der Waals surface area contributed by atoms with Crippen LogP contribution in [0.25, 0.3) is 0 Å². The Labute approximate surface area is 157 Å². The van der Waals surface area contributed by atoms with Gasteiger partial charge in [0.05, 0.1) is 0 Å². The number of piperidine rings is 1. The second-order valence-electron chi connectivity index (χ2n) is 8.23. The van der Waals surface area contributed by atoms with Gasteiger partial charge in [-0.05, 0) is 47.0 Å². The predicted molar refractivity (Wildman–Crippen MR) is 105 cm³/mol. The van der Waals surface area contributed by atoms with Gasteiger partial charge in [0.15, 0.2) is 0 Å². The van der Waals surface area contributed by atoms with Gasteiger partial charge in [-0.3, -0.25) is 4.79 Å². The van der Waals surface area contributed by atoms with Crippen LogP contribution in [0.4, 0.5) is 5.82 Å². The van der Waals surface area contributed by atoms with Crippen LogP contribution in [0.3, 0.4) is 0 Å². The minimum atomic E-state index is 0.159. The number of hydrogen-bond donors (Lipinski definition) is 0. The Kier molecular flexibility index (Phi) is 5.35. The van der Waals surface area contributed by atoms with E-state index in [1.807, 2.05) is 11.8 Å². The summed E-state index contributed by atoms with van der Waals surface area (Å²) in [6.07, 6.45) is 5.95. The molecule has 0 bridgehead atoms. The Balaban J connectivity index is 1.70. The zero-order valence-corrected chi connectivity index (χ0v) is 16.9. The molecule has 1 amide bonds. The van der Waals surface area contributed by atoms with Crippen molar-refractivity contribution in [1.29, 1.82) is 0 Å². The van der Waals surface area contributed by atoms with E-state index in [0.29, 0.717) is 12.3 Å². The molecule has 26 heavy (non-hydrogen) atoms. The van der Waals surface area contributed by atoms with Crippen LogP contribution in [0.2, 0.25) is 0 Å². The molecular weight excluding hydrogens is 324 g/mol. The molecule has 2 saturated heterocycles. The molecule has 2 fully saturated rings. The van der Waals surface area contributed by atoms with E-state index < -0.39 is 0 Å². The standard InChI is InChI=1S/C21H32N4O/c1-6-18-16(4)22-17(5)23-20(18)24-11-8-21(9-12-24)13-19(26)25(14-21)10-7-15(2)3/h7H,6,8-14H2,1-5H3. The first-order chi connectivity index (χ1) is 12.3. The Morgan fingerprint density at radius 3 is 2.50 bits per heavy atom.